The summed E-state index contributed by atoms with van der Waals surface area (Å²) in [6, 6.07) is 7.50. The highest BCUT2D eigenvalue weighted by molar-refractivity contribution is 7.19. The van der Waals surface area contributed by atoms with Gasteiger partial charge in [-0.15, -0.1) is 23.7 Å². The highest BCUT2D eigenvalue weighted by atomic mass is 35.5. The van der Waals surface area contributed by atoms with Crippen LogP contribution in [0.2, 0.25) is 0 Å². The Labute approximate surface area is 236 Å². The number of aromatic nitrogens is 2. The summed E-state index contributed by atoms with van der Waals surface area (Å²) in [5, 5.41) is 13.0. The van der Waals surface area contributed by atoms with Crippen molar-refractivity contribution < 1.29 is 14.4 Å². The van der Waals surface area contributed by atoms with Crippen LogP contribution >= 0.6 is 23.7 Å². The predicted octanol–water partition coefficient (Wildman–Crippen LogP) is 3.54. The summed E-state index contributed by atoms with van der Waals surface area (Å²) in [5.74, 6) is -0.763. The van der Waals surface area contributed by atoms with Gasteiger partial charge in [0.25, 0.3) is 5.91 Å². The number of nitrogens with zero attached hydrogens (tertiary/aromatic N) is 5. The first kappa shape index (κ1) is 27.2. The van der Waals surface area contributed by atoms with Crippen LogP contribution in [-0.2, 0) is 16.1 Å². The van der Waals surface area contributed by atoms with E-state index in [4.69, 9.17) is 0 Å². The maximum atomic E-state index is 13.8. The van der Waals surface area contributed by atoms with Crippen LogP contribution in [0, 0.1) is 35.5 Å². The van der Waals surface area contributed by atoms with Gasteiger partial charge in [-0.1, -0.05) is 13.8 Å². The highest BCUT2D eigenvalue weighted by Gasteiger charge is 2.72. The van der Waals surface area contributed by atoms with E-state index in [0.717, 1.165) is 16.1 Å². The van der Waals surface area contributed by atoms with E-state index in [2.05, 4.69) is 21.4 Å². The minimum atomic E-state index is -0.250. The highest BCUT2D eigenvalue weighted by Crippen LogP contribution is 2.63. The van der Waals surface area contributed by atoms with Crippen molar-refractivity contribution in [3.8, 4) is 17.3 Å². The van der Waals surface area contributed by atoms with E-state index in [-0.39, 0.29) is 65.7 Å². The predicted molar refractivity (Wildman–Crippen MR) is 149 cm³/mol. The van der Waals surface area contributed by atoms with Crippen LogP contribution < -0.4 is 5.32 Å². The zero-order valence-corrected chi connectivity index (χ0v) is 23.8. The Morgan fingerprint density at radius 1 is 1.26 bits per heavy atom. The number of carbonyl (C=O) groups is 3. The minimum absolute atomic E-state index is 0. The molecule has 2 unspecified atom stereocenters. The fraction of sp³-hybridized carbons (Fsp3) is 0.429. The van der Waals surface area contributed by atoms with E-state index < -0.39 is 0 Å². The molecule has 3 aliphatic rings. The van der Waals surface area contributed by atoms with Crippen LogP contribution in [-0.4, -0.2) is 63.2 Å². The first-order valence-corrected chi connectivity index (χ1v) is 13.6. The second-order valence-electron chi connectivity index (χ2n) is 11.0. The number of hydrogen-bond acceptors (Lipinski definition) is 8. The number of halogens is 1. The number of imide groups is 1. The third-order valence-electron chi connectivity index (χ3n) is 8.23. The molecule has 3 aromatic heterocycles. The SMILES string of the molecule is Cc1cc(C#N)nc(-c2ccnc3cc(CN4C(=O)C5C(C4=O)C5(C)C)sc23)c1C(=O)N1CCNC[C@@H]1C.Cl. The Morgan fingerprint density at radius 2 is 1.97 bits per heavy atom. The molecule has 1 N–H and O–H groups in total. The van der Waals surface area contributed by atoms with Crippen molar-refractivity contribution in [2.24, 2.45) is 17.3 Å². The van der Waals surface area contributed by atoms with Gasteiger partial charge in [-0.25, -0.2) is 4.98 Å². The zero-order chi connectivity index (χ0) is 26.9. The van der Waals surface area contributed by atoms with E-state index in [1.54, 1.807) is 12.3 Å². The van der Waals surface area contributed by atoms with E-state index in [1.165, 1.54) is 16.2 Å². The van der Waals surface area contributed by atoms with E-state index in [1.807, 2.05) is 44.7 Å². The average Bonchev–Trinajstić information content (AvgIpc) is 3.13. The molecule has 1 saturated carbocycles. The molecule has 0 bridgehead atoms. The molecule has 39 heavy (non-hydrogen) atoms. The molecule has 11 heteroatoms. The van der Waals surface area contributed by atoms with E-state index >= 15 is 0 Å². The van der Waals surface area contributed by atoms with Crippen molar-refractivity contribution in [2.75, 3.05) is 19.6 Å². The lowest BCUT2D eigenvalue weighted by molar-refractivity contribution is -0.143. The number of fused-ring (bicyclic) bond motifs is 2. The van der Waals surface area contributed by atoms with Gasteiger partial charge in [0.1, 0.15) is 11.8 Å². The number of pyridine rings is 2. The van der Waals surface area contributed by atoms with Crippen LogP contribution in [0.1, 0.15) is 47.3 Å². The van der Waals surface area contributed by atoms with Crippen molar-refractivity contribution in [1.82, 2.24) is 25.1 Å². The normalized spacial score (nSPS) is 23.4. The number of rotatable bonds is 4. The molecule has 3 fully saturated rings. The molecule has 2 aliphatic heterocycles. The second-order valence-corrected chi connectivity index (χ2v) is 12.2. The molecule has 0 spiro atoms. The van der Waals surface area contributed by atoms with Crippen LogP contribution in [0.3, 0.4) is 0 Å². The average molecular weight is 565 g/mol. The number of carbonyl (C=O) groups excluding carboxylic acids is 3. The molecular weight excluding hydrogens is 536 g/mol. The topological polar surface area (TPSA) is 119 Å². The van der Waals surface area contributed by atoms with Gasteiger partial charge in [-0.2, -0.15) is 5.26 Å². The Bertz CT molecular complexity index is 1550. The zero-order valence-electron chi connectivity index (χ0n) is 22.1. The molecule has 202 valence electrons. The van der Waals surface area contributed by atoms with Gasteiger partial charge in [0.2, 0.25) is 11.8 Å². The van der Waals surface area contributed by atoms with Crippen molar-refractivity contribution in [2.45, 2.75) is 40.3 Å². The first-order chi connectivity index (χ1) is 18.1. The molecule has 5 heterocycles. The standard InChI is InChI=1S/C28H28N6O3S.ClH/c1-14-9-16(11-29)32-23(20(14)25(35)33-8-7-30-12-15(33)2)18-5-6-31-19-10-17(38-24(18)19)13-34-26(36)21-22(27(34)37)28(21,3)4;/h5-6,9-10,15,21-22,30H,7-8,12-13H2,1-4H3;1H/t15-,21?,22?;/m0./s1. The van der Waals surface area contributed by atoms with Crippen molar-refractivity contribution in [1.29, 1.82) is 5.26 Å². The van der Waals surface area contributed by atoms with Gasteiger partial charge in [-0.05, 0) is 43.0 Å². The van der Waals surface area contributed by atoms with Crippen LogP contribution in [0.4, 0.5) is 0 Å². The first-order valence-electron chi connectivity index (χ1n) is 12.8. The summed E-state index contributed by atoms with van der Waals surface area (Å²) in [5.41, 5.74) is 3.02. The van der Waals surface area contributed by atoms with Gasteiger partial charge in [0.15, 0.2) is 0 Å². The van der Waals surface area contributed by atoms with Crippen LogP contribution in [0.25, 0.3) is 21.5 Å². The maximum absolute atomic E-state index is 13.8. The van der Waals surface area contributed by atoms with Gasteiger partial charge in [-0.3, -0.25) is 24.3 Å². The smallest absolute Gasteiger partial charge is 0.256 e. The molecule has 3 atom stereocenters. The van der Waals surface area contributed by atoms with Gasteiger partial charge in [0.05, 0.1) is 39.9 Å². The summed E-state index contributed by atoms with van der Waals surface area (Å²) in [7, 11) is 0. The van der Waals surface area contributed by atoms with Gasteiger partial charge >= 0.3 is 0 Å². The number of hydrogen-bond donors (Lipinski definition) is 1. The summed E-state index contributed by atoms with van der Waals surface area (Å²) in [6.45, 7) is 10.0. The van der Waals surface area contributed by atoms with E-state index in [9.17, 15) is 19.6 Å². The molecule has 0 radical (unpaired) electrons. The maximum Gasteiger partial charge on any atom is 0.256 e. The van der Waals surface area contributed by atoms with Crippen LogP contribution in [0.5, 0.6) is 0 Å². The van der Waals surface area contributed by atoms with E-state index in [0.29, 0.717) is 41.0 Å². The third-order valence-corrected chi connectivity index (χ3v) is 9.37. The molecule has 6 rings (SSSR count). The van der Waals surface area contributed by atoms with Crippen molar-refractivity contribution >= 4 is 51.7 Å². The summed E-state index contributed by atoms with van der Waals surface area (Å²) >= 11 is 1.44. The van der Waals surface area contributed by atoms with Crippen LogP contribution in [0.15, 0.2) is 24.4 Å². The fourth-order valence-corrected chi connectivity index (χ4v) is 7.17. The number of amides is 3. The molecule has 0 aromatic carbocycles. The fourth-order valence-electron chi connectivity index (χ4n) is 6.05. The number of thiophene rings is 1. The lowest BCUT2D eigenvalue weighted by atomic mass is 9.98. The number of piperazine rings is 1. The van der Waals surface area contributed by atoms with Crippen molar-refractivity contribution in [3.63, 3.8) is 0 Å². The second kappa shape index (κ2) is 9.66. The number of aryl methyl sites for hydroxylation is 1. The summed E-state index contributed by atoms with van der Waals surface area (Å²) in [4.78, 5) is 52.8. The molecule has 3 aromatic rings. The number of likely N-dealkylation sites (tertiary alicyclic amines) is 1. The minimum Gasteiger partial charge on any atom is -0.333 e. The summed E-state index contributed by atoms with van der Waals surface area (Å²) < 4.78 is 0.802. The lowest BCUT2D eigenvalue weighted by Gasteiger charge is -2.34. The summed E-state index contributed by atoms with van der Waals surface area (Å²) in [6.07, 6.45) is 1.66. The monoisotopic (exact) mass is 564 g/mol. The molecule has 1 aliphatic carbocycles. The Hall–Kier alpha value is -3.39. The molecule has 3 amide bonds. The molecule has 9 nitrogen and oxygen atoms in total. The molecule has 2 saturated heterocycles. The Kier molecular flexibility index (Phi) is 6.74. The quantitative estimate of drug-likeness (QED) is 0.481. The van der Waals surface area contributed by atoms with Gasteiger partial charge in [0, 0.05) is 42.3 Å². The Balaban J connectivity index is 0.00000308. The Morgan fingerprint density at radius 3 is 2.64 bits per heavy atom. The number of nitriles is 1. The van der Waals surface area contributed by atoms with Crippen molar-refractivity contribution in [3.05, 3.63) is 46.1 Å². The number of nitrogens with one attached hydrogen (secondary N) is 1. The lowest BCUT2D eigenvalue weighted by Crippen LogP contribution is -2.52. The van der Waals surface area contributed by atoms with Gasteiger partial charge < -0.3 is 10.2 Å². The largest absolute Gasteiger partial charge is 0.333 e. The molecular formula is C28H29ClN6O3S. The number of piperidine rings is 1. The third kappa shape index (κ3) is 4.20.